The maximum absolute atomic E-state index is 12.4. The fourth-order valence-corrected chi connectivity index (χ4v) is 2.70. The lowest BCUT2D eigenvalue weighted by Gasteiger charge is -2.26. The first kappa shape index (κ1) is 15.6. The number of amides is 1. The summed E-state index contributed by atoms with van der Waals surface area (Å²) in [6.07, 6.45) is 4.86. The molecule has 5 nitrogen and oxygen atoms in total. The van der Waals surface area contributed by atoms with Crippen LogP contribution in [0.2, 0.25) is 0 Å². The van der Waals surface area contributed by atoms with E-state index in [1.165, 1.54) is 25.7 Å². The van der Waals surface area contributed by atoms with Crippen LogP contribution < -0.4 is 15.8 Å². The fourth-order valence-electron chi connectivity index (χ4n) is 2.70. The number of nitrogen functional groups attached to an aromatic ring is 1. The van der Waals surface area contributed by atoms with Crippen molar-refractivity contribution in [1.82, 2.24) is 4.90 Å². The number of ether oxygens (including phenoxy) is 1. The number of hydrogen-bond acceptors (Lipinski definition) is 4. The number of benzene rings is 1. The van der Waals surface area contributed by atoms with Crippen LogP contribution in [0.25, 0.3) is 0 Å². The first-order valence-electron chi connectivity index (χ1n) is 7.60. The highest BCUT2D eigenvalue weighted by molar-refractivity contribution is 5.96. The molecule has 1 saturated heterocycles. The number of nitrogens with one attached hydrogen (secondary N) is 1. The lowest BCUT2D eigenvalue weighted by Crippen LogP contribution is -2.42. The minimum Gasteiger partial charge on any atom is -0.494 e. The molecule has 1 aliphatic heterocycles. The van der Waals surface area contributed by atoms with E-state index in [-0.39, 0.29) is 11.9 Å². The Bertz CT molecular complexity index is 482. The van der Waals surface area contributed by atoms with Crippen molar-refractivity contribution in [3.63, 3.8) is 0 Å². The Balaban J connectivity index is 2.03. The normalized spacial score (nSPS) is 17.8. The van der Waals surface area contributed by atoms with Gasteiger partial charge in [-0.2, -0.15) is 0 Å². The molecule has 1 aromatic carbocycles. The summed E-state index contributed by atoms with van der Waals surface area (Å²) < 4.78 is 5.26. The summed E-state index contributed by atoms with van der Waals surface area (Å²) in [7, 11) is 1.57. The van der Waals surface area contributed by atoms with Crippen molar-refractivity contribution in [1.29, 1.82) is 0 Å². The molecule has 21 heavy (non-hydrogen) atoms. The van der Waals surface area contributed by atoms with Crippen LogP contribution in [-0.4, -0.2) is 37.0 Å². The Morgan fingerprint density at radius 1 is 1.29 bits per heavy atom. The van der Waals surface area contributed by atoms with Crippen molar-refractivity contribution in [3.05, 3.63) is 18.2 Å². The molecule has 1 aliphatic rings. The summed E-state index contributed by atoms with van der Waals surface area (Å²) >= 11 is 0. The topological polar surface area (TPSA) is 67.6 Å². The van der Waals surface area contributed by atoms with Crippen molar-refractivity contribution in [2.45, 2.75) is 38.6 Å². The summed E-state index contributed by atoms with van der Waals surface area (Å²) in [5.41, 5.74) is 7.01. The van der Waals surface area contributed by atoms with Gasteiger partial charge in [-0.3, -0.25) is 9.69 Å². The quantitative estimate of drug-likeness (QED) is 0.836. The predicted octanol–water partition coefficient (Wildman–Crippen LogP) is 2.48. The van der Waals surface area contributed by atoms with E-state index in [1.807, 2.05) is 6.92 Å². The second-order valence-electron chi connectivity index (χ2n) is 5.58. The first-order chi connectivity index (χ1) is 10.1. The van der Waals surface area contributed by atoms with Crippen LogP contribution in [0.1, 0.15) is 32.6 Å². The molecule has 0 radical (unpaired) electrons. The van der Waals surface area contributed by atoms with E-state index in [4.69, 9.17) is 10.5 Å². The van der Waals surface area contributed by atoms with E-state index in [0.717, 1.165) is 13.1 Å². The van der Waals surface area contributed by atoms with Gasteiger partial charge in [0.15, 0.2) is 0 Å². The van der Waals surface area contributed by atoms with Crippen molar-refractivity contribution in [2.75, 3.05) is 31.2 Å². The molecule has 0 bridgehead atoms. The Kier molecular flexibility index (Phi) is 5.44. The molecule has 1 heterocycles. The Morgan fingerprint density at radius 3 is 2.57 bits per heavy atom. The maximum atomic E-state index is 12.4. The van der Waals surface area contributed by atoms with Crippen LogP contribution in [-0.2, 0) is 4.79 Å². The summed E-state index contributed by atoms with van der Waals surface area (Å²) in [5, 5.41) is 2.94. The van der Waals surface area contributed by atoms with E-state index in [9.17, 15) is 4.79 Å². The summed E-state index contributed by atoms with van der Waals surface area (Å²) in [4.78, 5) is 14.7. The molecule has 1 amide bonds. The van der Waals surface area contributed by atoms with Crippen LogP contribution in [0.3, 0.4) is 0 Å². The molecule has 0 aromatic heterocycles. The fraction of sp³-hybridized carbons (Fsp3) is 0.562. The number of anilines is 2. The molecule has 0 aliphatic carbocycles. The predicted molar refractivity (Wildman–Crippen MR) is 85.5 cm³/mol. The van der Waals surface area contributed by atoms with E-state index in [2.05, 4.69) is 10.2 Å². The third kappa shape index (κ3) is 4.11. The SMILES string of the molecule is COc1cc(N)ccc1NC(=O)C(C)N1CCCCCC1. The van der Waals surface area contributed by atoms with Crippen molar-refractivity contribution < 1.29 is 9.53 Å². The minimum absolute atomic E-state index is 0.0000265. The van der Waals surface area contributed by atoms with Gasteiger partial charge in [-0.25, -0.2) is 0 Å². The summed E-state index contributed by atoms with van der Waals surface area (Å²) in [5.74, 6) is 0.589. The monoisotopic (exact) mass is 291 g/mol. The Labute approximate surface area is 126 Å². The summed E-state index contributed by atoms with van der Waals surface area (Å²) in [6.45, 7) is 3.95. The van der Waals surface area contributed by atoms with Gasteiger partial charge in [-0.15, -0.1) is 0 Å². The zero-order valence-corrected chi connectivity index (χ0v) is 12.9. The number of nitrogens with zero attached hydrogens (tertiary/aromatic N) is 1. The molecule has 0 saturated carbocycles. The molecule has 1 aromatic rings. The van der Waals surface area contributed by atoms with Crippen LogP contribution in [0, 0.1) is 0 Å². The number of carbonyl (C=O) groups excluding carboxylic acids is 1. The van der Waals surface area contributed by atoms with Gasteiger partial charge < -0.3 is 15.8 Å². The lowest BCUT2D eigenvalue weighted by atomic mass is 10.2. The number of carbonyl (C=O) groups is 1. The number of nitrogens with two attached hydrogens (primary N) is 1. The molecule has 1 fully saturated rings. The lowest BCUT2D eigenvalue weighted by molar-refractivity contribution is -0.120. The van der Waals surface area contributed by atoms with Gasteiger partial charge in [0.1, 0.15) is 5.75 Å². The molecule has 116 valence electrons. The Morgan fingerprint density at radius 2 is 1.95 bits per heavy atom. The number of rotatable bonds is 4. The third-order valence-corrected chi connectivity index (χ3v) is 4.05. The van der Waals surface area contributed by atoms with E-state index in [0.29, 0.717) is 17.1 Å². The van der Waals surface area contributed by atoms with Crippen LogP contribution in [0.4, 0.5) is 11.4 Å². The van der Waals surface area contributed by atoms with Gasteiger partial charge in [-0.1, -0.05) is 12.8 Å². The smallest absolute Gasteiger partial charge is 0.241 e. The van der Waals surface area contributed by atoms with E-state index >= 15 is 0 Å². The molecule has 2 rings (SSSR count). The zero-order valence-electron chi connectivity index (χ0n) is 12.9. The van der Waals surface area contributed by atoms with Crippen LogP contribution in [0.5, 0.6) is 5.75 Å². The van der Waals surface area contributed by atoms with Gasteiger partial charge in [0, 0.05) is 11.8 Å². The molecule has 1 atom stereocenters. The molecular weight excluding hydrogens is 266 g/mol. The highest BCUT2D eigenvalue weighted by Crippen LogP contribution is 2.27. The largest absolute Gasteiger partial charge is 0.494 e. The number of hydrogen-bond donors (Lipinski definition) is 2. The minimum atomic E-state index is -0.134. The Hall–Kier alpha value is -1.75. The molecule has 1 unspecified atom stereocenters. The second-order valence-corrected chi connectivity index (χ2v) is 5.58. The molecule has 0 spiro atoms. The highest BCUT2D eigenvalue weighted by atomic mass is 16.5. The average Bonchev–Trinajstić information content (AvgIpc) is 2.77. The van der Waals surface area contributed by atoms with Gasteiger partial charge in [0.2, 0.25) is 5.91 Å². The van der Waals surface area contributed by atoms with Crippen LogP contribution in [0.15, 0.2) is 18.2 Å². The zero-order chi connectivity index (χ0) is 15.2. The van der Waals surface area contributed by atoms with Gasteiger partial charge in [-0.05, 0) is 45.0 Å². The maximum Gasteiger partial charge on any atom is 0.241 e. The van der Waals surface area contributed by atoms with Gasteiger partial charge in [0.05, 0.1) is 18.8 Å². The van der Waals surface area contributed by atoms with Gasteiger partial charge in [0.25, 0.3) is 0 Å². The number of methoxy groups -OCH3 is 1. The summed E-state index contributed by atoms with van der Waals surface area (Å²) in [6, 6.07) is 5.12. The first-order valence-corrected chi connectivity index (χ1v) is 7.60. The average molecular weight is 291 g/mol. The number of likely N-dealkylation sites (tertiary alicyclic amines) is 1. The van der Waals surface area contributed by atoms with E-state index < -0.39 is 0 Å². The van der Waals surface area contributed by atoms with Crippen molar-refractivity contribution >= 4 is 17.3 Å². The molecular formula is C16H25N3O2. The van der Waals surface area contributed by atoms with Crippen LogP contribution >= 0.6 is 0 Å². The second kappa shape index (κ2) is 7.31. The molecule has 3 N–H and O–H groups in total. The van der Waals surface area contributed by atoms with Crippen molar-refractivity contribution in [2.24, 2.45) is 0 Å². The third-order valence-electron chi connectivity index (χ3n) is 4.05. The standard InChI is InChI=1S/C16H25N3O2/c1-12(19-9-5-3-4-6-10-19)16(20)18-14-8-7-13(17)11-15(14)21-2/h7-8,11-12H,3-6,9-10,17H2,1-2H3,(H,18,20). The van der Waals surface area contributed by atoms with Crippen molar-refractivity contribution in [3.8, 4) is 5.75 Å². The highest BCUT2D eigenvalue weighted by Gasteiger charge is 2.22. The molecule has 5 heteroatoms. The van der Waals surface area contributed by atoms with Gasteiger partial charge >= 0.3 is 0 Å². The van der Waals surface area contributed by atoms with E-state index in [1.54, 1.807) is 25.3 Å².